The summed E-state index contributed by atoms with van der Waals surface area (Å²) in [5, 5.41) is 14.1. The summed E-state index contributed by atoms with van der Waals surface area (Å²) in [6.07, 6.45) is 1.82. The Bertz CT molecular complexity index is 1320. The molecule has 3 aromatic carbocycles. The van der Waals surface area contributed by atoms with Gasteiger partial charge < -0.3 is 14.8 Å². The highest BCUT2D eigenvalue weighted by Gasteiger charge is 2.24. The third-order valence-electron chi connectivity index (χ3n) is 4.80. The Hall–Kier alpha value is -2.65. The number of thioether (sulfide) groups is 1. The zero-order valence-corrected chi connectivity index (χ0v) is 23.3. The molecule has 8 nitrogen and oxygen atoms in total. The molecule has 0 spiro atoms. The van der Waals surface area contributed by atoms with Crippen molar-refractivity contribution in [3.8, 4) is 11.5 Å². The standard InChI is InChI=1S/C24H17I2N3O5S/c1-33-18-8-4-16(5-9-18)27-24-28-23(30)21(35-24)12-15-10-19(25)22(20(26)11-15)34-13-14-2-6-17(7-3-14)29(31)32/h2-12H,13H2,1H3,(H,27,28,30)/b21-12+. The van der Waals surface area contributed by atoms with Gasteiger partial charge in [0.25, 0.3) is 11.6 Å². The second kappa shape index (κ2) is 11.4. The first-order valence-electron chi connectivity index (χ1n) is 10.1. The third-order valence-corrected chi connectivity index (χ3v) is 7.32. The maximum absolute atomic E-state index is 12.5. The molecule has 1 amide bonds. The molecule has 0 saturated carbocycles. The van der Waals surface area contributed by atoms with Crippen LogP contribution in [0.4, 0.5) is 11.4 Å². The number of amidine groups is 1. The molecule has 1 aliphatic heterocycles. The van der Waals surface area contributed by atoms with Crippen LogP contribution in [0.2, 0.25) is 0 Å². The van der Waals surface area contributed by atoms with E-state index < -0.39 is 4.92 Å². The number of rotatable bonds is 7. The van der Waals surface area contributed by atoms with Crippen LogP contribution in [-0.2, 0) is 11.4 Å². The second-order valence-corrected chi connectivity index (χ2v) is 10.6. The molecule has 0 aromatic heterocycles. The van der Waals surface area contributed by atoms with Gasteiger partial charge in [-0.2, -0.15) is 0 Å². The van der Waals surface area contributed by atoms with Gasteiger partial charge in [-0.15, -0.1) is 0 Å². The van der Waals surface area contributed by atoms with Gasteiger partial charge in [-0.05, 0) is 123 Å². The molecule has 1 fully saturated rings. The SMILES string of the molecule is COc1ccc(N=C2NC(=O)/C(=C\c3cc(I)c(OCc4ccc([N+](=O)[O-])cc4)c(I)c3)S2)cc1. The van der Waals surface area contributed by atoms with Crippen molar-refractivity contribution in [3.63, 3.8) is 0 Å². The zero-order chi connectivity index (χ0) is 24.9. The number of nitro benzene ring substituents is 1. The van der Waals surface area contributed by atoms with Crippen LogP contribution in [0.1, 0.15) is 11.1 Å². The molecule has 4 rings (SSSR count). The van der Waals surface area contributed by atoms with E-state index in [0.717, 1.165) is 29.8 Å². The molecular weight excluding hydrogens is 696 g/mol. The van der Waals surface area contributed by atoms with Crippen molar-refractivity contribution in [2.45, 2.75) is 6.61 Å². The molecule has 0 unspecified atom stereocenters. The number of halogens is 2. The topological polar surface area (TPSA) is 103 Å². The van der Waals surface area contributed by atoms with Crippen LogP contribution >= 0.6 is 56.9 Å². The van der Waals surface area contributed by atoms with Crippen molar-refractivity contribution in [3.05, 3.63) is 94.0 Å². The molecule has 1 aliphatic rings. The number of aliphatic imine (C=N–C) groups is 1. The lowest BCUT2D eigenvalue weighted by atomic mass is 10.2. The summed E-state index contributed by atoms with van der Waals surface area (Å²) in [5.41, 5.74) is 2.45. The number of carbonyl (C=O) groups is 1. The minimum Gasteiger partial charge on any atom is -0.497 e. The maximum atomic E-state index is 12.5. The minimum atomic E-state index is -0.430. The number of nitro groups is 1. The van der Waals surface area contributed by atoms with Gasteiger partial charge in [0.15, 0.2) is 5.17 Å². The quantitative estimate of drug-likeness (QED) is 0.134. The van der Waals surface area contributed by atoms with Gasteiger partial charge in [0.2, 0.25) is 0 Å². The van der Waals surface area contributed by atoms with Crippen LogP contribution in [-0.4, -0.2) is 23.1 Å². The van der Waals surface area contributed by atoms with E-state index >= 15 is 0 Å². The number of amides is 1. The molecule has 11 heteroatoms. The van der Waals surface area contributed by atoms with E-state index in [1.165, 1.54) is 23.9 Å². The molecule has 3 aromatic rings. The molecule has 0 bridgehead atoms. The van der Waals surface area contributed by atoms with Gasteiger partial charge in [0, 0.05) is 12.1 Å². The number of carbonyl (C=O) groups excluding carboxylic acids is 1. The summed E-state index contributed by atoms with van der Waals surface area (Å²) >= 11 is 5.67. The number of benzene rings is 3. The summed E-state index contributed by atoms with van der Waals surface area (Å²) in [6, 6.07) is 17.4. The lowest BCUT2D eigenvalue weighted by Gasteiger charge is -2.11. The minimum absolute atomic E-state index is 0.0429. The molecule has 35 heavy (non-hydrogen) atoms. The highest BCUT2D eigenvalue weighted by molar-refractivity contribution is 14.1. The monoisotopic (exact) mass is 713 g/mol. The Morgan fingerprint density at radius 2 is 1.74 bits per heavy atom. The third kappa shape index (κ3) is 6.52. The molecule has 1 heterocycles. The van der Waals surface area contributed by atoms with Crippen LogP contribution in [0, 0.1) is 17.3 Å². The lowest BCUT2D eigenvalue weighted by Crippen LogP contribution is -2.19. The Labute approximate surface area is 232 Å². The van der Waals surface area contributed by atoms with Gasteiger partial charge in [0.05, 0.1) is 29.8 Å². The van der Waals surface area contributed by atoms with Gasteiger partial charge in [-0.3, -0.25) is 14.9 Å². The Balaban J connectivity index is 1.46. The largest absolute Gasteiger partial charge is 0.497 e. The van der Waals surface area contributed by atoms with Gasteiger partial charge in [-0.1, -0.05) is 0 Å². The van der Waals surface area contributed by atoms with E-state index in [1.54, 1.807) is 19.2 Å². The van der Waals surface area contributed by atoms with Crippen LogP contribution in [0.25, 0.3) is 6.08 Å². The highest BCUT2D eigenvalue weighted by atomic mass is 127. The number of hydrogen-bond acceptors (Lipinski definition) is 7. The normalized spacial score (nSPS) is 15.3. The van der Waals surface area contributed by atoms with Gasteiger partial charge in [-0.25, -0.2) is 4.99 Å². The van der Waals surface area contributed by atoms with Crippen LogP contribution in [0.5, 0.6) is 11.5 Å². The fourth-order valence-corrected chi connectivity index (χ4v) is 6.05. The van der Waals surface area contributed by atoms with Crippen molar-refractivity contribution < 1.29 is 19.2 Å². The van der Waals surface area contributed by atoms with Crippen molar-refractivity contribution >= 4 is 85.5 Å². The first-order chi connectivity index (χ1) is 16.8. The summed E-state index contributed by atoms with van der Waals surface area (Å²) < 4.78 is 12.9. The average Bonchev–Trinajstić information content (AvgIpc) is 3.17. The summed E-state index contributed by atoms with van der Waals surface area (Å²) in [5.74, 6) is 1.25. The van der Waals surface area contributed by atoms with Crippen molar-refractivity contribution in [1.82, 2.24) is 5.32 Å². The van der Waals surface area contributed by atoms with Crippen LogP contribution < -0.4 is 14.8 Å². The number of nitrogens with one attached hydrogen (secondary N) is 1. The van der Waals surface area contributed by atoms with E-state index in [-0.39, 0.29) is 18.2 Å². The number of ether oxygens (including phenoxy) is 2. The number of non-ortho nitro benzene ring substituents is 1. The highest BCUT2D eigenvalue weighted by Crippen LogP contribution is 2.33. The predicted octanol–water partition coefficient (Wildman–Crippen LogP) is 6.28. The maximum Gasteiger partial charge on any atom is 0.269 e. The molecule has 0 aliphatic carbocycles. The number of hydrogen-bond donors (Lipinski definition) is 1. The molecule has 1 N–H and O–H groups in total. The lowest BCUT2D eigenvalue weighted by molar-refractivity contribution is -0.384. The molecule has 0 radical (unpaired) electrons. The van der Waals surface area contributed by atoms with Gasteiger partial charge in [0.1, 0.15) is 18.1 Å². The van der Waals surface area contributed by atoms with E-state index in [9.17, 15) is 14.9 Å². The zero-order valence-electron chi connectivity index (χ0n) is 18.2. The van der Waals surface area contributed by atoms with Crippen molar-refractivity contribution in [2.75, 3.05) is 7.11 Å². The fourth-order valence-electron chi connectivity index (χ4n) is 3.08. The van der Waals surface area contributed by atoms with E-state index in [0.29, 0.717) is 15.8 Å². The first kappa shape index (κ1) is 25.4. The Kier molecular flexibility index (Phi) is 8.28. The van der Waals surface area contributed by atoms with E-state index in [4.69, 9.17) is 9.47 Å². The molecule has 0 atom stereocenters. The molecular formula is C24H17I2N3O5S. The Morgan fingerprint density at radius 1 is 1.09 bits per heavy atom. The first-order valence-corrected chi connectivity index (χ1v) is 13.1. The predicted molar refractivity (Wildman–Crippen MR) is 153 cm³/mol. The smallest absolute Gasteiger partial charge is 0.269 e. The summed E-state index contributed by atoms with van der Waals surface area (Å²) in [7, 11) is 1.60. The molecule has 1 saturated heterocycles. The fraction of sp³-hybridized carbons (Fsp3) is 0.0833. The summed E-state index contributed by atoms with van der Waals surface area (Å²) in [6.45, 7) is 0.286. The van der Waals surface area contributed by atoms with Crippen LogP contribution in [0.3, 0.4) is 0 Å². The van der Waals surface area contributed by atoms with E-state index in [1.807, 2.05) is 42.5 Å². The number of methoxy groups -OCH3 is 1. The van der Waals surface area contributed by atoms with Gasteiger partial charge >= 0.3 is 0 Å². The van der Waals surface area contributed by atoms with Crippen LogP contribution in [0.15, 0.2) is 70.6 Å². The van der Waals surface area contributed by atoms with Crippen molar-refractivity contribution in [1.29, 1.82) is 0 Å². The second-order valence-electron chi connectivity index (χ2n) is 7.21. The summed E-state index contributed by atoms with van der Waals surface area (Å²) in [4.78, 5) is 27.9. The number of nitrogens with zero attached hydrogens (tertiary/aromatic N) is 2. The average molecular weight is 713 g/mol. The van der Waals surface area contributed by atoms with E-state index in [2.05, 4.69) is 55.5 Å². The van der Waals surface area contributed by atoms with Crippen molar-refractivity contribution in [2.24, 2.45) is 4.99 Å². The Morgan fingerprint density at radius 3 is 2.34 bits per heavy atom. The molecule has 178 valence electrons.